The highest BCUT2D eigenvalue weighted by Crippen LogP contribution is 2.00. The van der Waals surface area contributed by atoms with Crippen molar-refractivity contribution in [2.24, 2.45) is 0 Å². The van der Waals surface area contributed by atoms with Gasteiger partial charge in [-0.3, -0.25) is 0 Å². The summed E-state index contributed by atoms with van der Waals surface area (Å²) in [5.74, 6) is 0. The fourth-order valence-electron chi connectivity index (χ4n) is 1.17. The van der Waals surface area contributed by atoms with Crippen LogP contribution in [0.25, 0.3) is 0 Å². The molecular formula is C11H23N. The molecule has 0 saturated carbocycles. The van der Waals surface area contributed by atoms with Crippen LogP contribution in [0.2, 0.25) is 0 Å². The minimum absolute atomic E-state index is 1.13. The quantitative estimate of drug-likeness (QED) is 0.528. The number of rotatable bonds is 7. The van der Waals surface area contributed by atoms with E-state index in [0.717, 1.165) is 13.1 Å². The number of unbranched alkanes of at least 4 members (excludes halogenated alkanes) is 3. The fourth-order valence-corrected chi connectivity index (χ4v) is 1.17. The van der Waals surface area contributed by atoms with Crippen molar-refractivity contribution in [1.29, 1.82) is 0 Å². The van der Waals surface area contributed by atoms with E-state index in [1.54, 1.807) is 0 Å². The summed E-state index contributed by atoms with van der Waals surface area (Å²) in [4.78, 5) is 2.33. The first-order chi connectivity index (χ1) is 5.85. The molecule has 0 aliphatic rings. The zero-order valence-electron chi connectivity index (χ0n) is 8.84. The van der Waals surface area contributed by atoms with Crippen molar-refractivity contribution in [2.45, 2.75) is 46.5 Å². The summed E-state index contributed by atoms with van der Waals surface area (Å²) in [5.41, 5.74) is 0. The summed E-state index contributed by atoms with van der Waals surface area (Å²) in [6.45, 7) is 8.88. The molecule has 0 heterocycles. The largest absolute Gasteiger partial charge is 0.378 e. The van der Waals surface area contributed by atoms with Crippen molar-refractivity contribution >= 4 is 0 Å². The van der Waals surface area contributed by atoms with Gasteiger partial charge in [0.25, 0.3) is 0 Å². The molecule has 0 aromatic carbocycles. The van der Waals surface area contributed by atoms with Crippen LogP contribution in [0.3, 0.4) is 0 Å². The Bertz CT molecular complexity index is 104. The first-order valence-electron chi connectivity index (χ1n) is 5.25. The summed E-state index contributed by atoms with van der Waals surface area (Å²) in [6.07, 6.45) is 9.79. The monoisotopic (exact) mass is 169 g/mol. The van der Waals surface area contributed by atoms with Crippen LogP contribution >= 0.6 is 0 Å². The van der Waals surface area contributed by atoms with Crippen molar-refractivity contribution in [2.75, 3.05) is 13.1 Å². The molecule has 0 aromatic heterocycles. The van der Waals surface area contributed by atoms with Crippen LogP contribution in [0.5, 0.6) is 0 Å². The predicted molar refractivity (Wildman–Crippen MR) is 56.2 cm³/mol. The molecule has 0 radical (unpaired) electrons. The third-order valence-corrected chi connectivity index (χ3v) is 2.10. The van der Waals surface area contributed by atoms with Gasteiger partial charge in [-0.15, -0.1) is 0 Å². The van der Waals surface area contributed by atoms with Gasteiger partial charge in [0.05, 0.1) is 0 Å². The molecule has 0 bridgehead atoms. The van der Waals surface area contributed by atoms with Gasteiger partial charge in [-0.2, -0.15) is 0 Å². The molecule has 0 unspecified atom stereocenters. The average Bonchev–Trinajstić information content (AvgIpc) is 2.11. The molecule has 0 amide bonds. The second-order valence-electron chi connectivity index (χ2n) is 3.10. The third-order valence-electron chi connectivity index (χ3n) is 2.10. The zero-order valence-corrected chi connectivity index (χ0v) is 8.84. The molecule has 1 heteroatoms. The van der Waals surface area contributed by atoms with E-state index in [2.05, 4.69) is 37.9 Å². The Morgan fingerprint density at radius 1 is 1.00 bits per heavy atom. The molecule has 0 atom stereocenters. The minimum Gasteiger partial charge on any atom is -0.378 e. The van der Waals surface area contributed by atoms with Crippen molar-refractivity contribution < 1.29 is 0 Å². The van der Waals surface area contributed by atoms with Gasteiger partial charge >= 0.3 is 0 Å². The Balaban J connectivity index is 3.32. The maximum atomic E-state index is 2.33. The Hall–Kier alpha value is -0.460. The van der Waals surface area contributed by atoms with Gasteiger partial charge in [0.15, 0.2) is 0 Å². The smallest absolute Gasteiger partial charge is 0.0143 e. The van der Waals surface area contributed by atoms with Crippen LogP contribution in [-0.4, -0.2) is 18.0 Å². The van der Waals surface area contributed by atoms with E-state index in [1.807, 2.05) is 0 Å². The predicted octanol–water partition coefficient (Wildman–Crippen LogP) is 3.42. The molecule has 1 nitrogen and oxygen atoms in total. The van der Waals surface area contributed by atoms with E-state index in [4.69, 9.17) is 0 Å². The molecule has 12 heavy (non-hydrogen) atoms. The Kier molecular flexibility index (Phi) is 8.30. The van der Waals surface area contributed by atoms with Crippen LogP contribution in [0.1, 0.15) is 46.5 Å². The summed E-state index contributed by atoms with van der Waals surface area (Å²) < 4.78 is 0. The van der Waals surface area contributed by atoms with Gasteiger partial charge in [-0.1, -0.05) is 25.8 Å². The molecule has 0 fully saturated rings. The third kappa shape index (κ3) is 6.26. The Morgan fingerprint density at radius 2 is 1.67 bits per heavy atom. The SMILES string of the molecule is CCCCC/C=C/N(CC)CC. The number of hydrogen-bond donors (Lipinski definition) is 0. The maximum Gasteiger partial charge on any atom is 0.0143 e. The van der Waals surface area contributed by atoms with Crippen molar-refractivity contribution in [3.05, 3.63) is 12.3 Å². The van der Waals surface area contributed by atoms with E-state index in [0.29, 0.717) is 0 Å². The van der Waals surface area contributed by atoms with Crippen LogP contribution in [0, 0.1) is 0 Å². The fraction of sp³-hybridized carbons (Fsp3) is 0.818. The summed E-state index contributed by atoms with van der Waals surface area (Å²) in [6, 6.07) is 0. The lowest BCUT2D eigenvalue weighted by Crippen LogP contribution is -2.14. The van der Waals surface area contributed by atoms with E-state index < -0.39 is 0 Å². The van der Waals surface area contributed by atoms with Gasteiger partial charge in [-0.25, -0.2) is 0 Å². The molecule has 0 rings (SSSR count). The second-order valence-corrected chi connectivity index (χ2v) is 3.10. The summed E-state index contributed by atoms with van der Waals surface area (Å²) in [7, 11) is 0. The zero-order chi connectivity index (χ0) is 9.23. The van der Waals surface area contributed by atoms with Crippen LogP contribution in [0.4, 0.5) is 0 Å². The standard InChI is InChI=1S/C11H23N/c1-4-7-8-9-10-11-12(5-2)6-3/h10-11H,4-9H2,1-3H3/b11-10+. The van der Waals surface area contributed by atoms with Crippen molar-refractivity contribution in [3.8, 4) is 0 Å². The van der Waals surface area contributed by atoms with E-state index in [9.17, 15) is 0 Å². The molecule has 0 aromatic rings. The van der Waals surface area contributed by atoms with Gasteiger partial charge in [0.2, 0.25) is 0 Å². The number of allylic oxidation sites excluding steroid dienone is 1. The normalized spacial score (nSPS) is 10.9. The lowest BCUT2D eigenvalue weighted by atomic mass is 10.2. The van der Waals surface area contributed by atoms with Gasteiger partial charge < -0.3 is 4.90 Å². The molecule has 0 N–H and O–H groups in total. The van der Waals surface area contributed by atoms with Crippen molar-refractivity contribution in [1.82, 2.24) is 4.90 Å². The first kappa shape index (κ1) is 11.5. The molecule has 0 aliphatic heterocycles. The Morgan fingerprint density at radius 3 is 2.17 bits per heavy atom. The lowest BCUT2D eigenvalue weighted by Gasteiger charge is -2.14. The average molecular weight is 169 g/mol. The highest BCUT2D eigenvalue weighted by Gasteiger charge is 1.88. The van der Waals surface area contributed by atoms with Crippen molar-refractivity contribution in [3.63, 3.8) is 0 Å². The van der Waals surface area contributed by atoms with Gasteiger partial charge in [0, 0.05) is 13.1 Å². The highest BCUT2D eigenvalue weighted by atomic mass is 15.1. The molecular weight excluding hydrogens is 146 g/mol. The minimum atomic E-state index is 1.13. The topological polar surface area (TPSA) is 3.24 Å². The van der Waals surface area contributed by atoms with Gasteiger partial charge in [-0.05, 0) is 32.9 Å². The lowest BCUT2D eigenvalue weighted by molar-refractivity contribution is 0.417. The number of nitrogens with zero attached hydrogens (tertiary/aromatic N) is 1. The molecule has 0 saturated heterocycles. The Labute approximate surface area is 77.5 Å². The van der Waals surface area contributed by atoms with E-state index in [-0.39, 0.29) is 0 Å². The molecule has 0 aliphatic carbocycles. The van der Waals surface area contributed by atoms with E-state index in [1.165, 1.54) is 25.7 Å². The second kappa shape index (κ2) is 8.63. The number of hydrogen-bond acceptors (Lipinski definition) is 1. The van der Waals surface area contributed by atoms with Gasteiger partial charge in [0.1, 0.15) is 0 Å². The summed E-state index contributed by atoms with van der Waals surface area (Å²) in [5, 5.41) is 0. The maximum absolute atomic E-state index is 2.33. The van der Waals surface area contributed by atoms with Crippen LogP contribution in [-0.2, 0) is 0 Å². The molecule has 72 valence electrons. The van der Waals surface area contributed by atoms with Crippen LogP contribution < -0.4 is 0 Å². The van der Waals surface area contributed by atoms with Crippen LogP contribution in [0.15, 0.2) is 12.3 Å². The first-order valence-corrected chi connectivity index (χ1v) is 5.25. The van der Waals surface area contributed by atoms with E-state index >= 15 is 0 Å². The summed E-state index contributed by atoms with van der Waals surface area (Å²) >= 11 is 0. The molecule has 0 spiro atoms. The highest BCUT2D eigenvalue weighted by molar-refractivity contribution is 4.81.